The summed E-state index contributed by atoms with van der Waals surface area (Å²) in [6, 6.07) is 23.5. The van der Waals surface area contributed by atoms with Gasteiger partial charge in [-0.15, -0.1) is 0 Å². The molecule has 144 valence electrons. The third-order valence-corrected chi connectivity index (χ3v) is 5.74. The molecule has 3 rings (SSSR count). The van der Waals surface area contributed by atoms with Gasteiger partial charge >= 0.3 is 5.97 Å². The van der Waals surface area contributed by atoms with Crippen molar-refractivity contribution >= 4 is 21.7 Å². The Morgan fingerprint density at radius 3 is 2.14 bits per heavy atom. The zero-order chi connectivity index (χ0) is 20.0. The smallest absolute Gasteiger partial charge is 0.303 e. The van der Waals surface area contributed by atoms with E-state index in [2.05, 4.69) is 4.72 Å². The SMILES string of the molecule is O=C(O)CCc1ccc(S(=O)(=O)Nc2ccccc2Cc2ccccc2)cc1. The second-order valence-electron chi connectivity index (χ2n) is 6.46. The molecule has 3 aromatic carbocycles. The molecule has 3 aromatic rings. The van der Waals surface area contributed by atoms with Crippen LogP contribution in [0.25, 0.3) is 0 Å². The summed E-state index contributed by atoms with van der Waals surface area (Å²) in [5.41, 5.74) is 3.31. The highest BCUT2D eigenvalue weighted by Crippen LogP contribution is 2.23. The number of carbonyl (C=O) groups is 1. The first-order valence-electron chi connectivity index (χ1n) is 8.89. The lowest BCUT2D eigenvalue weighted by atomic mass is 10.0. The van der Waals surface area contributed by atoms with Crippen LogP contribution in [-0.2, 0) is 27.7 Å². The van der Waals surface area contributed by atoms with Gasteiger partial charge in [0.25, 0.3) is 10.0 Å². The molecule has 0 amide bonds. The lowest BCUT2D eigenvalue weighted by Crippen LogP contribution is -2.14. The molecule has 0 saturated carbocycles. The van der Waals surface area contributed by atoms with Crippen LogP contribution in [0.2, 0.25) is 0 Å². The molecule has 6 heteroatoms. The summed E-state index contributed by atoms with van der Waals surface area (Å²) in [5.74, 6) is -0.881. The maximum atomic E-state index is 12.8. The van der Waals surface area contributed by atoms with E-state index in [0.717, 1.165) is 16.7 Å². The first kappa shape index (κ1) is 19.6. The quantitative estimate of drug-likeness (QED) is 0.602. The number of rotatable bonds is 8. The summed E-state index contributed by atoms with van der Waals surface area (Å²) in [5, 5.41) is 8.75. The Balaban J connectivity index is 1.78. The van der Waals surface area contributed by atoms with Gasteiger partial charge in [-0.2, -0.15) is 0 Å². The average Bonchev–Trinajstić information content (AvgIpc) is 2.69. The fourth-order valence-corrected chi connectivity index (χ4v) is 3.98. The van der Waals surface area contributed by atoms with E-state index in [0.29, 0.717) is 18.5 Å². The van der Waals surface area contributed by atoms with Crippen molar-refractivity contribution in [3.05, 3.63) is 95.6 Å². The van der Waals surface area contributed by atoms with E-state index in [9.17, 15) is 13.2 Å². The van der Waals surface area contributed by atoms with Gasteiger partial charge in [0, 0.05) is 6.42 Å². The van der Waals surface area contributed by atoms with Crippen LogP contribution in [0.3, 0.4) is 0 Å². The molecule has 0 atom stereocenters. The third-order valence-electron chi connectivity index (χ3n) is 4.36. The lowest BCUT2D eigenvalue weighted by Gasteiger charge is -2.13. The highest BCUT2D eigenvalue weighted by atomic mass is 32.2. The largest absolute Gasteiger partial charge is 0.481 e. The lowest BCUT2D eigenvalue weighted by molar-refractivity contribution is -0.136. The normalized spacial score (nSPS) is 11.1. The summed E-state index contributed by atoms with van der Waals surface area (Å²) in [6.07, 6.45) is 0.994. The summed E-state index contributed by atoms with van der Waals surface area (Å²) in [4.78, 5) is 10.8. The summed E-state index contributed by atoms with van der Waals surface area (Å²) in [6.45, 7) is 0. The topological polar surface area (TPSA) is 83.5 Å². The van der Waals surface area contributed by atoms with Crippen LogP contribution in [-0.4, -0.2) is 19.5 Å². The number of anilines is 1. The van der Waals surface area contributed by atoms with Crippen LogP contribution in [0, 0.1) is 0 Å². The van der Waals surface area contributed by atoms with Gasteiger partial charge < -0.3 is 5.11 Å². The molecule has 0 spiro atoms. The number of aryl methyl sites for hydroxylation is 1. The van der Waals surface area contributed by atoms with Gasteiger partial charge in [-0.1, -0.05) is 60.7 Å². The molecule has 0 fully saturated rings. The van der Waals surface area contributed by atoms with E-state index in [1.807, 2.05) is 42.5 Å². The molecule has 0 aliphatic rings. The van der Waals surface area contributed by atoms with Gasteiger partial charge in [-0.05, 0) is 47.7 Å². The molecule has 0 saturated heterocycles. The van der Waals surface area contributed by atoms with Crippen LogP contribution in [0.4, 0.5) is 5.69 Å². The number of nitrogens with one attached hydrogen (secondary N) is 1. The first-order valence-corrected chi connectivity index (χ1v) is 10.4. The van der Waals surface area contributed by atoms with E-state index in [4.69, 9.17) is 5.11 Å². The Labute approximate surface area is 164 Å². The van der Waals surface area contributed by atoms with Gasteiger partial charge in [-0.25, -0.2) is 8.42 Å². The molecule has 0 aliphatic carbocycles. The molecule has 5 nitrogen and oxygen atoms in total. The Morgan fingerprint density at radius 2 is 1.46 bits per heavy atom. The van der Waals surface area contributed by atoms with Gasteiger partial charge in [-0.3, -0.25) is 9.52 Å². The summed E-state index contributed by atoms with van der Waals surface area (Å²) >= 11 is 0. The third kappa shape index (κ3) is 5.20. The van der Waals surface area contributed by atoms with Gasteiger partial charge in [0.05, 0.1) is 10.6 Å². The molecule has 2 N–H and O–H groups in total. The zero-order valence-electron chi connectivity index (χ0n) is 15.2. The number of carboxylic acids is 1. The van der Waals surface area contributed by atoms with Crippen LogP contribution < -0.4 is 4.72 Å². The van der Waals surface area contributed by atoms with Crippen LogP contribution >= 0.6 is 0 Å². The van der Waals surface area contributed by atoms with Crippen molar-refractivity contribution in [2.24, 2.45) is 0 Å². The standard InChI is InChI=1S/C22H21NO4S/c24-22(25)15-12-17-10-13-20(14-11-17)28(26,27)23-21-9-5-4-8-19(21)16-18-6-2-1-3-7-18/h1-11,13-14,23H,12,15-16H2,(H,24,25). The fraction of sp³-hybridized carbons (Fsp3) is 0.136. The van der Waals surface area contributed by atoms with Gasteiger partial charge in [0.15, 0.2) is 0 Å². The highest BCUT2D eigenvalue weighted by molar-refractivity contribution is 7.92. The van der Waals surface area contributed by atoms with E-state index < -0.39 is 16.0 Å². The molecule has 0 bridgehead atoms. The van der Waals surface area contributed by atoms with E-state index in [-0.39, 0.29) is 11.3 Å². The minimum absolute atomic E-state index is 0.0111. The van der Waals surface area contributed by atoms with Crippen LogP contribution in [0.1, 0.15) is 23.1 Å². The Bertz CT molecular complexity index is 1050. The van der Waals surface area contributed by atoms with Crippen molar-refractivity contribution in [1.82, 2.24) is 0 Å². The maximum Gasteiger partial charge on any atom is 0.303 e. The Hall–Kier alpha value is -3.12. The molecule has 0 unspecified atom stereocenters. The van der Waals surface area contributed by atoms with Crippen molar-refractivity contribution in [2.45, 2.75) is 24.2 Å². The van der Waals surface area contributed by atoms with Crippen LogP contribution in [0.15, 0.2) is 83.8 Å². The summed E-state index contributed by atoms with van der Waals surface area (Å²) < 4.78 is 28.2. The number of sulfonamides is 1. The second kappa shape index (κ2) is 8.71. The average molecular weight is 395 g/mol. The zero-order valence-corrected chi connectivity index (χ0v) is 16.0. The van der Waals surface area contributed by atoms with Crippen molar-refractivity contribution in [1.29, 1.82) is 0 Å². The number of hydrogen-bond donors (Lipinski definition) is 2. The van der Waals surface area contributed by atoms with E-state index in [1.54, 1.807) is 24.3 Å². The van der Waals surface area contributed by atoms with Gasteiger partial charge in [0.1, 0.15) is 0 Å². The maximum absolute atomic E-state index is 12.8. The van der Waals surface area contributed by atoms with Crippen molar-refractivity contribution < 1.29 is 18.3 Å². The van der Waals surface area contributed by atoms with Crippen molar-refractivity contribution in [3.63, 3.8) is 0 Å². The second-order valence-corrected chi connectivity index (χ2v) is 8.15. The van der Waals surface area contributed by atoms with E-state index >= 15 is 0 Å². The molecule has 0 aliphatic heterocycles. The predicted octanol–water partition coefficient (Wildman–Crippen LogP) is 4.10. The minimum Gasteiger partial charge on any atom is -0.481 e. The molecular formula is C22H21NO4S. The van der Waals surface area contributed by atoms with Gasteiger partial charge in [0.2, 0.25) is 0 Å². The first-order chi connectivity index (χ1) is 13.4. The number of hydrogen-bond acceptors (Lipinski definition) is 3. The summed E-state index contributed by atoms with van der Waals surface area (Å²) in [7, 11) is -3.74. The number of para-hydroxylation sites is 1. The molecule has 28 heavy (non-hydrogen) atoms. The van der Waals surface area contributed by atoms with Crippen LogP contribution in [0.5, 0.6) is 0 Å². The molecule has 0 radical (unpaired) electrons. The predicted molar refractivity (Wildman–Crippen MR) is 109 cm³/mol. The molecular weight excluding hydrogens is 374 g/mol. The fourth-order valence-electron chi connectivity index (χ4n) is 2.88. The Kier molecular flexibility index (Phi) is 6.11. The van der Waals surface area contributed by atoms with Crippen molar-refractivity contribution in [2.75, 3.05) is 4.72 Å². The highest BCUT2D eigenvalue weighted by Gasteiger charge is 2.16. The minimum atomic E-state index is -3.74. The number of benzene rings is 3. The molecule has 0 heterocycles. The number of aliphatic carboxylic acids is 1. The van der Waals surface area contributed by atoms with Crippen molar-refractivity contribution in [3.8, 4) is 0 Å². The molecule has 0 aromatic heterocycles. The van der Waals surface area contributed by atoms with E-state index in [1.165, 1.54) is 12.1 Å². The number of carboxylic acid groups (broad SMARTS) is 1. The Morgan fingerprint density at radius 1 is 0.821 bits per heavy atom. The monoisotopic (exact) mass is 395 g/mol.